The van der Waals surface area contributed by atoms with Crippen LogP contribution in [0.15, 0.2) is 64.6 Å². The van der Waals surface area contributed by atoms with Gasteiger partial charge in [0.15, 0.2) is 0 Å². The van der Waals surface area contributed by atoms with Crippen molar-refractivity contribution in [2.75, 3.05) is 12.4 Å². The molecular formula is C22H14Cl2N2O4. The van der Waals surface area contributed by atoms with E-state index in [1.165, 1.54) is 25.3 Å². The molecule has 0 fully saturated rings. The van der Waals surface area contributed by atoms with Crippen LogP contribution in [0.4, 0.5) is 5.69 Å². The smallest absolute Gasteiger partial charge is 0.339 e. The summed E-state index contributed by atoms with van der Waals surface area (Å²) in [4.78, 5) is 24.4. The second kappa shape index (κ2) is 9.31. The third-order valence-electron chi connectivity index (χ3n) is 4.06. The van der Waals surface area contributed by atoms with Gasteiger partial charge in [-0.2, -0.15) is 5.26 Å². The van der Waals surface area contributed by atoms with E-state index in [2.05, 4.69) is 5.32 Å². The number of hydrogen-bond acceptors (Lipinski definition) is 5. The summed E-state index contributed by atoms with van der Waals surface area (Å²) >= 11 is 12.1. The first-order valence-electron chi connectivity index (χ1n) is 8.58. The van der Waals surface area contributed by atoms with Gasteiger partial charge in [0.2, 0.25) is 0 Å². The molecule has 150 valence electrons. The Kier molecular flexibility index (Phi) is 6.58. The molecule has 0 spiro atoms. The van der Waals surface area contributed by atoms with E-state index in [9.17, 15) is 14.9 Å². The molecule has 0 aliphatic heterocycles. The van der Waals surface area contributed by atoms with Crippen molar-refractivity contribution in [2.45, 2.75) is 0 Å². The Bertz CT molecular complexity index is 1190. The van der Waals surface area contributed by atoms with Crippen molar-refractivity contribution in [1.82, 2.24) is 0 Å². The van der Waals surface area contributed by atoms with Crippen molar-refractivity contribution in [3.05, 3.63) is 81.5 Å². The van der Waals surface area contributed by atoms with E-state index in [0.717, 1.165) is 0 Å². The summed E-state index contributed by atoms with van der Waals surface area (Å²) in [6.07, 6.45) is 1.30. The van der Waals surface area contributed by atoms with E-state index < -0.39 is 11.9 Å². The third-order valence-corrected chi connectivity index (χ3v) is 4.60. The van der Waals surface area contributed by atoms with Gasteiger partial charge in [-0.05, 0) is 42.5 Å². The van der Waals surface area contributed by atoms with Gasteiger partial charge in [-0.15, -0.1) is 0 Å². The first kappa shape index (κ1) is 21.2. The van der Waals surface area contributed by atoms with Crippen molar-refractivity contribution in [3.8, 4) is 17.4 Å². The Balaban J connectivity index is 1.85. The fourth-order valence-corrected chi connectivity index (χ4v) is 3.13. The van der Waals surface area contributed by atoms with Gasteiger partial charge >= 0.3 is 5.97 Å². The van der Waals surface area contributed by atoms with Crippen LogP contribution in [0.25, 0.3) is 17.4 Å². The highest BCUT2D eigenvalue weighted by atomic mass is 35.5. The average Bonchev–Trinajstić information content (AvgIpc) is 3.20. The largest absolute Gasteiger partial charge is 0.465 e. The van der Waals surface area contributed by atoms with E-state index in [-0.39, 0.29) is 22.6 Å². The summed E-state index contributed by atoms with van der Waals surface area (Å²) in [6, 6.07) is 16.4. The first-order chi connectivity index (χ1) is 14.4. The minimum Gasteiger partial charge on any atom is -0.465 e. The molecule has 0 saturated carbocycles. The highest BCUT2D eigenvalue weighted by Crippen LogP contribution is 2.32. The lowest BCUT2D eigenvalue weighted by Crippen LogP contribution is -2.16. The first-order valence-corrected chi connectivity index (χ1v) is 9.34. The Labute approximate surface area is 182 Å². The Morgan fingerprint density at radius 3 is 2.60 bits per heavy atom. The van der Waals surface area contributed by atoms with E-state index in [1.54, 1.807) is 42.5 Å². The Morgan fingerprint density at radius 2 is 1.90 bits per heavy atom. The average molecular weight is 441 g/mol. The molecule has 3 rings (SSSR count). The van der Waals surface area contributed by atoms with Crippen LogP contribution in [-0.2, 0) is 9.53 Å². The maximum atomic E-state index is 12.5. The number of halogens is 2. The number of amides is 1. The number of nitriles is 1. The Morgan fingerprint density at radius 1 is 1.13 bits per heavy atom. The van der Waals surface area contributed by atoms with E-state index >= 15 is 0 Å². The number of nitrogens with one attached hydrogen (secondary N) is 1. The summed E-state index contributed by atoms with van der Waals surface area (Å²) in [5, 5.41) is 12.9. The van der Waals surface area contributed by atoms with Gasteiger partial charge in [-0.25, -0.2) is 4.79 Å². The van der Waals surface area contributed by atoms with Crippen molar-refractivity contribution in [1.29, 1.82) is 5.26 Å². The highest BCUT2D eigenvalue weighted by Gasteiger charge is 2.17. The summed E-state index contributed by atoms with van der Waals surface area (Å²) in [5.74, 6) is -0.569. The molecule has 1 aromatic heterocycles. The number of benzene rings is 2. The Hall–Kier alpha value is -3.53. The molecule has 6 nitrogen and oxygen atoms in total. The van der Waals surface area contributed by atoms with Crippen LogP contribution in [0.1, 0.15) is 16.1 Å². The van der Waals surface area contributed by atoms with Crippen molar-refractivity contribution < 1.29 is 18.7 Å². The van der Waals surface area contributed by atoms with E-state index in [0.29, 0.717) is 21.4 Å². The second-order valence-electron chi connectivity index (χ2n) is 5.99. The maximum absolute atomic E-state index is 12.5. The number of hydrogen-bond donors (Lipinski definition) is 1. The minimum atomic E-state index is -0.698. The number of ether oxygens (including phenoxy) is 1. The van der Waals surface area contributed by atoms with Crippen molar-refractivity contribution >= 4 is 46.8 Å². The van der Waals surface area contributed by atoms with Crippen molar-refractivity contribution in [2.24, 2.45) is 0 Å². The molecule has 30 heavy (non-hydrogen) atoms. The fraction of sp³-hybridized carbons (Fsp3) is 0.0455. The van der Waals surface area contributed by atoms with Crippen LogP contribution in [0.2, 0.25) is 10.0 Å². The lowest BCUT2D eigenvalue weighted by molar-refractivity contribution is -0.112. The zero-order chi connectivity index (χ0) is 21.7. The zero-order valence-corrected chi connectivity index (χ0v) is 17.1. The van der Waals surface area contributed by atoms with Crippen LogP contribution in [0, 0.1) is 11.3 Å². The molecule has 1 heterocycles. The van der Waals surface area contributed by atoms with Crippen LogP contribution in [0.3, 0.4) is 0 Å². The second-order valence-corrected chi connectivity index (χ2v) is 6.83. The van der Waals surface area contributed by atoms with Gasteiger partial charge in [0.1, 0.15) is 23.2 Å². The third kappa shape index (κ3) is 4.71. The lowest BCUT2D eigenvalue weighted by atomic mass is 10.1. The number of furan rings is 1. The number of anilines is 1. The number of carbonyl (C=O) groups excluding carboxylic acids is 2. The molecule has 0 radical (unpaired) electrons. The fourth-order valence-electron chi connectivity index (χ4n) is 2.63. The van der Waals surface area contributed by atoms with E-state index in [1.807, 2.05) is 6.07 Å². The number of para-hydroxylation sites is 1. The highest BCUT2D eigenvalue weighted by molar-refractivity contribution is 6.36. The van der Waals surface area contributed by atoms with Gasteiger partial charge in [0, 0.05) is 16.7 Å². The summed E-state index contributed by atoms with van der Waals surface area (Å²) in [6.45, 7) is 0. The monoisotopic (exact) mass is 440 g/mol. The summed E-state index contributed by atoms with van der Waals surface area (Å²) in [5.41, 5.74) is 0.806. The molecule has 1 amide bonds. The molecule has 8 heteroatoms. The molecule has 0 aliphatic carbocycles. The molecule has 3 aromatic rings. The minimum absolute atomic E-state index is 0.170. The molecule has 0 unspecified atom stereocenters. The van der Waals surface area contributed by atoms with Crippen molar-refractivity contribution in [3.63, 3.8) is 0 Å². The molecule has 1 N–H and O–H groups in total. The number of rotatable bonds is 5. The predicted octanol–water partition coefficient (Wildman–Crippen LogP) is 5.59. The van der Waals surface area contributed by atoms with Gasteiger partial charge in [0.25, 0.3) is 5.91 Å². The molecule has 0 atom stereocenters. The molecule has 2 aromatic carbocycles. The zero-order valence-electron chi connectivity index (χ0n) is 15.6. The van der Waals surface area contributed by atoms with Gasteiger partial charge in [0.05, 0.1) is 23.4 Å². The molecular weight excluding hydrogens is 427 g/mol. The van der Waals surface area contributed by atoms with Gasteiger partial charge in [-0.3, -0.25) is 4.79 Å². The number of esters is 1. The summed E-state index contributed by atoms with van der Waals surface area (Å²) < 4.78 is 10.4. The lowest BCUT2D eigenvalue weighted by Gasteiger charge is -2.08. The standard InChI is InChI=1S/C22H14Cl2N2O4/c1-29-22(28)17-4-2-3-5-19(17)26-21(27)13(12-25)10-15-7-9-20(30-15)16-8-6-14(23)11-18(16)24/h2-11H,1H3,(H,26,27)/b13-10+. The van der Waals surface area contributed by atoms with E-state index in [4.69, 9.17) is 32.4 Å². The normalized spacial score (nSPS) is 10.9. The predicted molar refractivity (Wildman–Crippen MR) is 114 cm³/mol. The molecule has 0 aliphatic rings. The SMILES string of the molecule is COC(=O)c1ccccc1NC(=O)/C(C#N)=C/c1ccc(-c2ccc(Cl)cc2Cl)o1. The van der Waals surface area contributed by atoms with Crippen LogP contribution < -0.4 is 5.32 Å². The maximum Gasteiger partial charge on any atom is 0.339 e. The van der Waals surface area contributed by atoms with Crippen LogP contribution in [0.5, 0.6) is 0 Å². The topological polar surface area (TPSA) is 92.3 Å². The molecule has 0 saturated heterocycles. The quantitative estimate of drug-likeness (QED) is 0.317. The van der Waals surface area contributed by atoms with Crippen LogP contribution >= 0.6 is 23.2 Å². The number of nitrogens with zero attached hydrogens (tertiary/aromatic N) is 1. The van der Waals surface area contributed by atoms with Gasteiger partial charge in [-0.1, -0.05) is 35.3 Å². The molecule has 0 bridgehead atoms. The summed E-state index contributed by atoms with van der Waals surface area (Å²) in [7, 11) is 1.24. The van der Waals surface area contributed by atoms with Gasteiger partial charge < -0.3 is 14.5 Å². The van der Waals surface area contributed by atoms with Crippen LogP contribution in [-0.4, -0.2) is 19.0 Å². The number of carbonyl (C=O) groups is 2. The number of methoxy groups -OCH3 is 1.